The molecule has 2 rings (SSSR count). The fraction of sp³-hybridized carbons (Fsp3) is 0.294. The summed E-state index contributed by atoms with van der Waals surface area (Å²) in [6.07, 6.45) is 0. The minimum atomic E-state index is -3.36. The van der Waals surface area contributed by atoms with Crippen molar-refractivity contribution in [1.82, 2.24) is 0 Å². The molecule has 0 heterocycles. The van der Waals surface area contributed by atoms with Gasteiger partial charge in [-0.15, -0.1) is 0 Å². The number of rotatable bonds is 7. The van der Waals surface area contributed by atoms with Gasteiger partial charge in [0.15, 0.2) is 0 Å². The third-order valence-electron chi connectivity index (χ3n) is 3.22. The highest BCUT2D eigenvalue weighted by Gasteiger charge is 2.32. The molecule has 0 unspecified atom stereocenters. The van der Waals surface area contributed by atoms with Crippen LogP contribution in [0.1, 0.15) is 13.8 Å². The average molecular weight is 336 g/mol. The van der Waals surface area contributed by atoms with Gasteiger partial charge < -0.3 is 18.5 Å². The summed E-state index contributed by atoms with van der Waals surface area (Å²) in [5.41, 5.74) is -0.299. The minimum absolute atomic E-state index is 0.299. The van der Waals surface area contributed by atoms with Gasteiger partial charge in [-0.2, -0.15) is 0 Å². The molecule has 124 valence electrons. The van der Waals surface area contributed by atoms with Gasteiger partial charge in [-0.1, -0.05) is 0 Å². The molecule has 0 N–H and O–H groups in total. The topological polar surface area (TPSA) is 54.0 Å². The Labute approximate surface area is 136 Å². The van der Waals surface area contributed by atoms with Crippen molar-refractivity contribution in [2.45, 2.75) is 19.5 Å². The van der Waals surface area contributed by atoms with Crippen LogP contribution in [-0.2, 0) is 4.57 Å². The lowest BCUT2D eigenvalue weighted by Crippen LogP contribution is -2.10. The van der Waals surface area contributed by atoms with Gasteiger partial charge in [-0.25, -0.2) is 4.57 Å². The highest BCUT2D eigenvalue weighted by Crippen LogP contribution is 2.52. The quantitative estimate of drug-likeness (QED) is 0.682. The second-order valence-corrected chi connectivity index (χ2v) is 7.64. The Morgan fingerprint density at radius 3 is 1.26 bits per heavy atom. The van der Waals surface area contributed by atoms with Crippen LogP contribution in [0.15, 0.2) is 48.5 Å². The molecule has 0 atom stereocenters. The van der Waals surface area contributed by atoms with Crippen molar-refractivity contribution in [3.05, 3.63) is 48.5 Å². The highest BCUT2D eigenvalue weighted by atomic mass is 31.2. The first-order chi connectivity index (χ1) is 11.0. The zero-order chi connectivity index (χ0) is 16.9. The largest absolute Gasteiger partial charge is 0.497 e. The van der Waals surface area contributed by atoms with E-state index < -0.39 is 7.60 Å². The van der Waals surface area contributed by atoms with E-state index in [2.05, 4.69) is 0 Å². The lowest BCUT2D eigenvalue weighted by Gasteiger charge is -2.23. The van der Waals surface area contributed by atoms with Gasteiger partial charge in [-0.05, 0) is 62.4 Å². The molecule has 0 saturated carbocycles. The third kappa shape index (κ3) is 4.42. The number of ether oxygens (including phenoxy) is 2. The lowest BCUT2D eigenvalue weighted by molar-refractivity contribution is 0.374. The van der Waals surface area contributed by atoms with E-state index in [1.165, 1.54) is 0 Å². The molecule has 2 aromatic carbocycles. The Bertz CT molecular complexity index is 611. The molecular formula is C17H21O5P. The second-order valence-electron chi connectivity index (χ2n) is 5.17. The van der Waals surface area contributed by atoms with Crippen LogP contribution in [-0.4, -0.2) is 19.9 Å². The van der Waals surface area contributed by atoms with Gasteiger partial charge in [0.2, 0.25) is 0 Å². The van der Waals surface area contributed by atoms with E-state index in [9.17, 15) is 4.57 Å². The van der Waals surface area contributed by atoms with Crippen LogP contribution < -0.4 is 18.5 Å². The van der Waals surface area contributed by atoms with Gasteiger partial charge in [0.1, 0.15) is 23.0 Å². The normalized spacial score (nSPS) is 11.2. The fourth-order valence-electron chi connectivity index (χ4n) is 1.80. The Balaban J connectivity index is 2.18. The van der Waals surface area contributed by atoms with Crippen LogP contribution >= 0.6 is 7.60 Å². The van der Waals surface area contributed by atoms with Crippen molar-refractivity contribution >= 4 is 7.60 Å². The molecular weight excluding hydrogens is 315 g/mol. The van der Waals surface area contributed by atoms with Crippen LogP contribution in [0.3, 0.4) is 0 Å². The van der Waals surface area contributed by atoms with Crippen molar-refractivity contribution in [1.29, 1.82) is 0 Å². The predicted molar refractivity (Wildman–Crippen MR) is 90.0 cm³/mol. The number of hydrogen-bond acceptors (Lipinski definition) is 5. The number of benzene rings is 2. The second kappa shape index (κ2) is 7.42. The average Bonchev–Trinajstić information content (AvgIpc) is 2.56. The zero-order valence-electron chi connectivity index (χ0n) is 13.7. The Hall–Kier alpha value is -2.13. The van der Waals surface area contributed by atoms with Crippen LogP contribution in [0.25, 0.3) is 0 Å². The molecule has 0 saturated heterocycles. The monoisotopic (exact) mass is 336 g/mol. The number of hydrogen-bond donors (Lipinski definition) is 0. The van der Waals surface area contributed by atoms with Crippen molar-refractivity contribution in [3.8, 4) is 23.0 Å². The van der Waals surface area contributed by atoms with Gasteiger partial charge in [0.25, 0.3) is 0 Å². The minimum Gasteiger partial charge on any atom is -0.497 e. The van der Waals surface area contributed by atoms with Crippen LogP contribution in [0, 0.1) is 0 Å². The molecule has 0 aliphatic carbocycles. The van der Waals surface area contributed by atoms with E-state index in [4.69, 9.17) is 18.5 Å². The van der Waals surface area contributed by atoms with Gasteiger partial charge in [0.05, 0.1) is 19.9 Å². The van der Waals surface area contributed by atoms with E-state index in [-0.39, 0.29) is 5.66 Å². The summed E-state index contributed by atoms with van der Waals surface area (Å²) in [6.45, 7) is 3.60. The van der Waals surface area contributed by atoms with Crippen LogP contribution in [0.4, 0.5) is 0 Å². The molecule has 0 aliphatic heterocycles. The summed E-state index contributed by atoms with van der Waals surface area (Å²) in [7, 11) is -0.194. The van der Waals surface area contributed by atoms with Crippen LogP contribution in [0.2, 0.25) is 0 Å². The van der Waals surface area contributed by atoms with Crippen molar-refractivity contribution in [2.75, 3.05) is 14.2 Å². The molecule has 0 fully saturated rings. The fourth-order valence-corrected chi connectivity index (χ4v) is 3.09. The Morgan fingerprint density at radius 1 is 0.696 bits per heavy atom. The van der Waals surface area contributed by atoms with E-state index in [1.54, 1.807) is 76.6 Å². The van der Waals surface area contributed by atoms with Gasteiger partial charge in [0, 0.05) is 0 Å². The lowest BCUT2D eigenvalue weighted by atomic mass is 10.3. The molecule has 6 heteroatoms. The van der Waals surface area contributed by atoms with Crippen molar-refractivity contribution < 1.29 is 23.1 Å². The first-order valence-electron chi connectivity index (χ1n) is 7.24. The van der Waals surface area contributed by atoms with E-state index in [0.29, 0.717) is 23.0 Å². The summed E-state index contributed by atoms with van der Waals surface area (Å²) >= 11 is 0. The SMILES string of the molecule is COc1ccc(OP(=O)(Oc2ccc(OC)cc2)C(C)C)cc1. The molecule has 0 radical (unpaired) electrons. The molecule has 5 nitrogen and oxygen atoms in total. The smallest absolute Gasteiger partial charge is 0.433 e. The van der Waals surface area contributed by atoms with E-state index in [0.717, 1.165) is 0 Å². The summed E-state index contributed by atoms with van der Waals surface area (Å²) in [5, 5.41) is 0. The molecule has 23 heavy (non-hydrogen) atoms. The Kier molecular flexibility index (Phi) is 5.56. The van der Waals surface area contributed by atoms with E-state index in [1.807, 2.05) is 0 Å². The first kappa shape index (κ1) is 17.2. The van der Waals surface area contributed by atoms with Crippen molar-refractivity contribution in [2.24, 2.45) is 0 Å². The van der Waals surface area contributed by atoms with Crippen LogP contribution in [0.5, 0.6) is 23.0 Å². The van der Waals surface area contributed by atoms with Gasteiger partial charge in [-0.3, -0.25) is 0 Å². The summed E-state index contributed by atoms with van der Waals surface area (Å²) in [5.74, 6) is 2.34. The molecule has 0 aliphatic rings. The molecule has 2 aromatic rings. The van der Waals surface area contributed by atoms with E-state index >= 15 is 0 Å². The summed E-state index contributed by atoms with van der Waals surface area (Å²) < 4.78 is 34.6. The Morgan fingerprint density at radius 2 is 1.00 bits per heavy atom. The van der Waals surface area contributed by atoms with Gasteiger partial charge >= 0.3 is 7.60 Å². The molecule has 0 spiro atoms. The maximum Gasteiger partial charge on any atom is 0.433 e. The first-order valence-corrected chi connectivity index (χ1v) is 8.85. The molecule has 0 aromatic heterocycles. The third-order valence-corrected chi connectivity index (χ3v) is 5.41. The zero-order valence-corrected chi connectivity index (χ0v) is 14.6. The highest BCUT2D eigenvalue weighted by molar-refractivity contribution is 7.55. The standard InChI is InChI=1S/C17H21O5P/c1-13(2)23(18,21-16-9-5-14(19-3)6-10-16)22-17-11-7-15(20-4)8-12-17/h5-13H,1-4H3. The number of methoxy groups -OCH3 is 2. The molecule has 0 bridgehead atoms. The summed E-state index contributed by atoms with van der Waals surface area (Å²) in [6, 6.07) is 13.8. The summed E-state index contributed by atoms with van der Waals surface area (Å²) in [4.78, 5) is 0. The predicted octanol–water partition coefficient (Wildman–Crippen LogP) is 4.76. The van der Waals surface area contributed by atoms with Crippen molar-refractivity contribution in [3.63, 3.8) is 0 Å². The molecule has 0 amide bonds. The maximum absolute atomic E-state index is 13.1. The maximum atomic E-state index is 13.1.